The lowest BCUT2D eigenvalue weighted by Gasteiger charge is -2.08. The molecular formula is C14H14O4. The van der Waals surface area contributed by atoms with E-state index in [4.69, 9.17) is 9.84 Å². The number of fused-ring (bicyclic) bond motifs is 1. The number of carboxylic acid groups (broad SMARTS) is 1. The Labute approximate surface area is 104 Å². The minimum absolute atomic E-state index is 0.00915. The van der Waals surface area contributed by atoms with Crippen LogP contribution in [0.25, 0.3) is 10.8 Å². The second-order valence-corrected chi connectivity index (χ2v) is 4.05. The molecule has 18 heavy (non-hydrogen) atoms. The first-order valence-corrected chi connectivity index (χ1v) is 5.62. The van der Waals surface area contributed by atoms with Gasteiger partial charge in [0.15, 0.2) is 0 Å². The van der Waals surface area contributed by atoms with E-state index in [-0.39, 0.29) is 12.2 Å². The zero-order valence-electron chi connectivity index (χ0n) is 10.0. The first kappa shape index (κ1) is 12.2. The Morgan fingerprint density at radius 1 is 1.28 bits per heavy atom. The summed E-state index contributed by atoms with van der Waals surface area (Å²) < 4.78 is 5.11. The zero-order chi connectivity index (χ0) is 13.1. The molecule has 0 unspecified atom stereocenters. The zero-order valence-corrected chi connectivity index (χ0v) is 10.0. The van der Waals surface area contributed by atoms with Crippen molar-refractivity contribution in [2.75, 3.05) is 7.11 Å². The van der Waals surface area contributed by atoms with E-state index < -0.39 is 5.97 Å². The second-order valence-electron chi connectivity index (χ2n) is 4.05. The molecule has 4 nitrogen and oxygen atoms in total. The standard InChI is InChI=1S/C14H14O4/c1-18-11-5-6-12-10(8-11)3-2-9(14(12)17)4-7-13(15)16/h2-3,5-6,8,17H,4,7H2,1H3,(H,15,16). The third-order valence-corrected chi connectivity index (χ3v) is 2.89. The molecule has 0 fully saturated rings. The van der Waals surface area contributed by atoms with Crippen LogP contribution in [-0.4, -0.2) is 23.3 Å². The fourth-order valence-electron chi connectivity index (χ4n) is 1.91. The average molecular weight is 246 g/mol. The summed E-state index contributed by atoms with van der Waals surface area (Å²) in [5.74, 6) is 0.000756. The van der Waals surface area contributed by atoms with Crippen molar-refractivity contribution >= 4 is 16.7 Å². The predicted octanol–water partition coefficient (Wildman–Crippen LogP) is 2.57. The molecule has 0 spiro atoms. The molecule has 0 atom stereocenters. The van der Waals surface area contributed by atoms with E-state index in [1.54, 1.807) is 25.3 Å². The number of ether oxygens (including phenoxy) is 1. The Morgan fingerprint density at radius 3 is 2.72 bits per heavy atom. The summed E-state index contributed by atoms with van der Waals surface area (Å²) in [6.45, 7) is 0. The largest absolute Gasteiger partial charge is 0.507 e. The summed E-state index contributed by atoms with van der Waals surface area (Å²) in [7, 11) is 1.59. The quantitative estimate of drug-likeness (QED) is 0.870. The van der Waals surface area contributed by atoms with Gasteiger partial charge in [0.05, 0.1) is 7.11 Å². The number of phenolic OH excluding ortho intramolecular Hbond substituents is 1. The van der Waals surface area contributed by atoms with Crippen LogP contribution in [0.2, 0.25) is 0 Å². The lowest BCUT2D eigenvalue weighted by Crippen LogP contribution is -1.97. The number of aliphatic carboxylic acids is 1. The highest BCUT2D eigenvalue weighted by atomic mass is 16.5. The summed E-state index contributed by atoms with van der Waals surface area (Å²) in [4.78, 5) is 10.5. The maximum atomic E-state index is 10.5. The maximum absolute atomic E-state index is 10.5. The highest BCUT2D eigenvalue weighted by molar-refractivity contribution is 5.90. The van der Waals surface area contributed by atoms with Gasteiger partial charge in [-0.3, -0.25) is 4.79 Å². The molecule has 0 aliphatic heterocycles. The number of aryl methyl sites for hydroxylation is 1. The first-order chi connectivity index (χ1) is 8.61. The lowest BCUT2D eigenvalue weighted by molar-refractivity contribution is -0.136. The Kier molecular flexibility index (Phi) is 3.37. The minimum Gasteiger partial charge on any atom is -0.507 e. The summed E-state index contributed by atoms with van der Waals surface area (Å²) in [6, 6.07) is 8.97. The number of methoxy groups -OCH3 is 1. The van der Waals surface area contributed by atoms with Crippen molar-refractivity contribution < 1.29 is 19.7 Å². The molecule has 94 valence electrons. The fourth-order valence-corrected chi connectivity index (χ4v) is 1.91. The van der Waals surface area contributed by atoms with E-state index in [0.29, 0.717) is 17.4 Å². The molecule has 2 N–H and O–H groups in total. The fraction of sp³-hybridized carbons (Fsp3) is 0.214. The lowest BCUT2D eigenvalue weighted by atomic mass is 10.0. The number of phenols is 1. The van der Waals surface area contributed by atoms with E-state index >= 15 is 0 Å². The number of hydrogen-bond donors (Lipinski definition) is 2. The van der Waals surface area contributed by atoms with Crippen LogP contribution >= 0.6 is 0 Å². The van der Waals surface area contributed by atoms with Crippen LogP contribution in [-0.2, 0) is 11.2 Å². The number of carbonyl (C=O) groups is 1. The van der Waals surface area contributed by atoms with Crippen molar-refractivity contribution in [3.63, 3.8) is 0 Å². The van der Waals surface area contributed by atoms with Crippen LogP contribution < -0.4 is 4.74 Å². The topological polar surface area (TPSA) is 66.8 Å². The predicted molar refractivity (Wildman–Crippen MR) is 68.1 cm³/mol. The smallest absolute Gasteiger partial charge is 0.303 e. The van der Waals surface area contributed by atoms with Crippen molar-refractivity contribution in [1.29, 1.82) is 0 Å². The molecule has 0 saturated heterocycles. The summed E-state index contributed by atoms with van der Waals surface area (Å²) in [6.07, 6.45) is 0.332. The molecule has 2 aromatic rings. The Hall–Kier alpha value is -2.23. The van der Waals surface area contributed by atoms with Crippen molar-refractivity contribution in [3.05, 3.63) is 35.9 Å². The molecule has 0 radical (unpaired) electrons. The van der Waals surface area contributed by atoms with Gasteiger partial charge in [-0.2, -0.15) is 0 Å². The van der Waals surface area contributed by atoms with Gasteiger partial charge in [-0.1, -0.05) is 12.1 Å². The van der Waals surface area contributed by atoms with Gasteiger partial charge in [0.25, 0.3) is 0 Å². The SMILES string of the molecule is COc1ccc2c(O)c(CCC(=O)O)ccc2c1. The van der Waals surface area contributed by atoms with E-state index in [2.05, 4.69) is 0 Å². The Morgan fingerprint density at radius 2 is 2.06 bits per heavy atom. The third-order valence-electron chi connectivity index (χ3n) is 2.89. The molecule has 0 aromatic heterocycles. The monoisotopic (exact) mass is 246 g/mol. The molecule has 2 aromatic carbocycles. The molecule has 0 aliphatic rings. The van der Waals surface area contributed by atoms with E-state index in [1.165, 1.54) is 0 Å². The van der Waals surface area contributed by atoms with E-state index in [9.17, 15) is 9.90 Å². The van der Waals surface area contributed by atoms with Gasteiger partial charge in [0.2, 0.25) is 0 Å². The van der Waals surface area contributed by atoms with Gasteiger partial charge < -0.3 is 14.9 Å². The van der Waals surface area contributed by atoms with Crippen LogP contribution in [0.15, 0.2) is 30.3 Å². The number of carboxylic acids is 1. The van der Waals surface area contributed by atoms with Crippen LogP contribution in [0, 0.1) is 0 Å². The number of rotatable bonds is 4. The first-order valence-electron chi connectivity index (χ1n) is 5.62. The van der Waals surface area contributed by atoms with Crippen molar-refractivity contribution in [3.8, 4) is 11.5 Å². The van der Waals surface area contributed by atoms with Crippen molar-refractivity contribution in [2.24, 2.45) is 0 Å². The Balaban J connectivity index is 2.41. The molecule has 0 saturated carbocycles. The van der Waals surface area contributed by atoms with Crippen LogP contribution in [0.3, 0.4) is 0 Å². The highest BCUT2D eigenvalue weighted by Gasteiger charge is 2.08. The van der Waals surface area contributed by atoms with Gasteiger partial charge in [0.1, 0.15) is 11.5 Å². The van der Waals surface area contributed by atoms with E-state index in [0.717, 1.165) is 11.1 Å². The van der Waals surface area contributed by atoms with Crippen LogP contribution in [0.5, 0.6) is 11.5 Å². The van der Waals surface area contributed by atoms with E-state index in [1.807, 2.05) is 12.1 Å². The molecule has 0 heterocycles. The minimum atomic E-state index is -0.871. The third kappa shape index (κ3) is 2.37. The van der Waals surface area contributed by atoms with Gasteiger partial charge >= 0.3 is 5.97 Å². The van der Waals surface area contributed by atoms with Gasteiger partial charge in [-0.05, 0) is 35.6 Å². The summed E-state index contributed by atoms with van der Waals surface area (Å²) in [5.41, 5.74) is 0.648. The number of aromatic hydroxyl groups is 1. The molecule has 0 aliphatic carbocycles. The van der Waals surface area contributed by atoms with Crippen LogP contribution in [0.4, 0.5) is 0 Å². The Bertz CT molecular complexity index is 590. The number of hydrogen-bond acceptors (Lipinski definition) is 3. The van der Waals surface area contributed by atoms with Gasteiger partial charge in [-0.15, -0.1) is 0 Å². The van der Waals surface area contributed by atoms with Crippen LogP contribution in [0.1, 0.15) is 12.0 Å². The normalized spacial score (nSPS) is 10.5. The van der Waals surface area contributed by atoms with Gasteiger partial charge in [0, 0.05) is 11.8 Å². The summed E-state index contributed by atoms with van der Waals surface area (Å²) >= 11 is 0. The van der Waals surface area contributed by atoms with Gasteiger partial charge in [-0.25, -0.2) is 0 Å². The average Bonchev–Trinajstić information content (AvgIpc) is 2.37. The number of benzene rings is 2. The highest BCUT2D eigenvalue weighted by Crippen LogP contribution is 2.31. The van der Waals surface area contributed by atoms with Crippen molar-refractivity contribution in [2.45, 2.75) is 12.8 Å². The molecule has 2 rings (SSSR count). The molecule has 0 bridgehead atoms. The second kappa shape index (κ2) is 4.96. The molecule has 4 heteroatoms. The summed E-state index contributed by atoms with van der Waals surface area (Å²) in [5, 5.41) is 20.3. The molecule has 0 amide bonds. The maximum Gasteiger partial charge on any atom is 0.303 e. The van der Waals surface area contributed by atoms with Crippen molar-refractivity contribution in [1.82, 2.24) is 0 Å². The molecular weight excluding hydrogens is 232 g/mol.